The molecule has 0 aliphatic carbocycles. The first-order valence-corrected chi connectivity index (χ1v) is 10.4. The zero-order valence-corrected chi connectivity index (χ0v) is 18.3. The number of hydrogen-bond acceptors (Lipinski definition) is 4. The summed E-state index contributed by atoms with van der Waals surface area (Å²) < 4.78 is 5.23. The first-order valence-electron chi connectivity index (χ1n) is 10.4. The molecule has 0 radical (unpaired) electrons. The number of hydrogen-bond donors (Lipinski definition) is 1. The predicted molar refractivity (Wildman–Crippen MR) is 122 cm³/mol. The maximum absolute atomic E-state index is 5.65. The van der Waals surface area contributed by atoms with E-state index in [4.69, 9.17) is 16.0 Å². The average molecular weight is 400 g/mol. The second kappa shape index (κ2) is 15.6. The molecule has 5 nitrogen and oxygen atoms in total. The van der Waals surface area contributed by atoms with Gasteiger partial charge in [0, 0.05) is 25.6 Å². The van der Waals surface area contributed by atoms with Crippen molar-refractivity contribution in [1.82, 2.24) is 10.4 Å². The van der Waals surface area contributed by atoms with Gasteiger partial charge in [-0.05, 0) is 63.7 Å². The SMILES string of the molecule is C#CCCCCC=C.CN=C(NOCC1CCCN(C)C1)c1cccc(OC)c1. The van der Waals surface area contributed by atoms with E-state index in [0.717, 1.165) is 43.0 Å². The van der Waals surface area contributed by atoms with Crippen molar-refractivity contribution in [2.75, 3.05) is 40.9 Å². The Labute approximate surface area is 177 Å². The third kappa shape index (κ3) is 10.7. The molecule has 0 aromatic heterocycles. The van der Waals surface area contributed by atoms with Gasteiger partial charge in [0.2, 0.25) is 0 Å². The molecule has 160 valence electrons. The van der Waals surface area contributed by atoms with E-state index in [2.05, 4.69) is 34.9 Å². The highest BCUT2D eigenvalue weighted by Gasteiger charge is 2.17. The van der Waals surface area contributed by atoms with Gasteiger partial charge in [0.15, 0.2) is 5.84 Å². The van der Waals surface area contributed by atoms with Crippen LogP contribution < -0.4 is 10.2 Å². The highest BCUT2D eigenvalue weighted by Crippen LogP contribution is 2.15. The maximum atomic E-state index is 5.65. The second-order valence-electron chi connectivity index (χ2n) is 7.23. The number of hydroxylamine groups is 1. The Morgan fingerprint density at radius 3 is 2.93 bits per heavy atom. The molecule has 1 saturated heterocycles. The first-order chi connectivity index (χ1) is 14.1. The van der Waals surface area contributed by atoms with Crippen LogP contribution in [0.5, 0.6) is 5.75 Å². The fraction of sp³-hybridized carbons (Fsp3) is 0.542. The minimum atomic E-state index is 0.583. The van der Waals surface area contributed by atoms with Crippen LogP contribution in [0.1, 0.15) is 44.1 Å². The summed E-state index contributed by atoms with van der Waals surface area (Å²) in [6, 6.07) is 7.77. The van der Waals surface area contributed by atoms with Gasteiger partial charge in [-0.1, -0.05) is 18.2 Å². The standard InChI is InChI=1S/C16H25N3O2.C8H12/c1-17-16(14-7-4-8-15(10-14)20-3)18-21-12-13-6-5-9-19(2)11-13;1-3-5-7-8-6-4-2/h4,7-8,10,13H,5-6,9,11-12H2,1-3H3,(H,17,18);1,4H,2,5-8H2. The average Bonchev–Trinajstić information content (AvgIpc) is 2.75. The van der Waals surface area contributed by atoms with Crippen molar-refractivity contribution in [3.05, 3.63) is 42.5 Å². The van der Waals surface area contributed by atoms with E-state index in [-0.39, 0.29) is 0 Å². The molecule has 1 aromatic rings. The van der Waals surface area contributed by atoms with Crippen LogP contribution in [-0.2, 0) is 4.84 Å². The lowest BCUT2D eigenvalue weighted by Crippen LogP contribution is -2.36. The van der Waals surface area contributed by atoms with Crippen LogP contribution in [0, 0.1) is 18.3 Å². The summed E-state index contributed by atoms with van der Waals surface area (Å²) in [6.07, 6.45) is 13.8. The molecule has 1 atom stereocenters. The Morgan fingerprint density at radius 1 is 1.45 bits per heavy atom. The van der Waals surface area contributed by atoms with Gasteiger partial charge in [-0.25, -0.2) is 5.48 Å². The third-order valence-corrected chi connectivity index (χ3v) is 4.76. The van der Waals surface area contributed by atoms with E-state index >= 15 is 0 Å². The Balaban J connectivity index is 0.000000447. The maximum Gasteiger partial charge on any atom is 0.152 e. The van der Waals surface area contributed by atoms with E-state index in [9.17, 15) is 0 Å². The normalized spacial score (nSPS) is 16.9. The molecule has 1 N–H and O–H groups in total. The Kier molecular flexibility index (Phi) is 13.3. The number of piperidine rings is 1. The largest absolute Gasteiger partial charge is 0.497 e. The number of nitrogens with one attached hydrogen (secondary N) is 1. The van der Waals surface area contributed by atoms with Crippen LogP contribution in [0.3, 0.4) is 0 Å². The van der Waals surface area contributed by atoms with Gasteiger partial charge in [-0.2, -0.15) is 0 Å². The topological polar surface area (TPSA) is 46.1 Å². The number of terminal acetylenes is 1. The van der Waals surface area contributed by atoms with Gasteiger partial charge in [0.05, 0.1) is 13.7 Å². The summed E-state index contributed by atoms with van der Waals surface area (Å²) in [7, 11) is 5.57. The van der Waals surface area contributed by atoms with Crippen LogP contribution >= 0.6 is 0 Å². The predicted octanol–water partition coefficient (Wildman–Crippen LogP) is 4.30. The minimum Gasteiger partial charge on any atom is -0.497 e. The molecular formula is C24H37N3O2. The zero-order chi connectivity index (χ0) is 21.3. The van der Waals surface area contributed by atoms with E-state index in [1.165, 1.54) is 25.8 Å². The molecule has 1 heterocycles. The van der Waals surface area contributed by atoms with Crippen LogP contribution in [0.25, 0.3) is 0 Å². The molecule has 1 fully saturated rings. The van der Waals surface area contributed by atoms with Crippen molar-refractivity contribution >= 4 is 5.84 Å². The fourth-order valence-corrected chi connectivity index (χ4v) is 3.16. The number of rotatable bonds is 9. The molecule has 1 aliphatic rings. The molecule has 2 rings (SSSR count). The third-order valence-electron chi connectivity index (χ3n) is 4.76. The van der Waals surface area contributed by atoms with Gasteiger partial charge >= 0.3 is 0 Å². The van der Waals surface area contributed by atoms with Gasteiger partial charge < -0.3 is 9.64 Å². The number of methoxy groups -OCH3 is 1. The lowest BCUT2D eigenvalue weighted by atomic mass is 10.00. The van der Waals surface area contributed by atoms with Crippen molar-refractivity contribution in [3.63, 3.8) is 0 Å². The number of likely N-dealkylation sites (tertiary alicyclic amines) is 1. The monoisotopic (exact) mass is 399 g/mol. The van der Waals surface area contributed by atoms with Crippen LogP contribution in [0.15, 0.2) is 41.9 Å². The fourth-order valence-electron chi connectivity index (χ4n) is 3.16. The Hall–Kier alpha value is -2.29. The van der Waals surface area contributed by atoms with Gasteiger partial charge in [-0.15, -0.1) is 18.9 Å². The van der Waals surface area contributed by atoms with Crippen molar-refractivity contribution in [2.24, 2.45) is 10.9 Å². The first kappa shape index (κ1) is 24.7. The number of unbranched alkanes of at least 4 members (excludes halogenated alkanes) is 3. The quantitative estimate of drug-likeness (QED) is 0.168. The molecule has 1 aromatic carbocycles. The van der Waals surface area contributed by atoms with E-state index in [0.29, 0.717) is 12.5 Å². The van der Waals surface area contributed by atoms with E-state index in [1.807, 2.05) is 30.3 Å². The van der Waals surface area contributed by atoms with Crippen molar-refractivity contribution < 1.29 is 9.57 Å². The summed E-state index contributed by atoms with van der Waals surface area (Å²) in [5.74, 6) is 4.71. The number of amidine groups is 1. The van der Waals surface area contributed by atoms with Crippen molar-refractivity contribution in [1.29, 1.82) is 0 Å². The molecule has 0 saturated carbocycles. The lowest BCUT2D eigenvalue weighted by molar-refractivity contribution is 0.0332. The van der Waals surface area contributed by atoms with Crippen LogP contribution in [0.2, 0.25) is 0 Å². The van der Waals surface area contributed by atoms with Crippen molar-refractivity contribution in [3.8, 4) is 18.1 Å². The van der Waals surface area contributed by atoms with Crippen LogP contribution in [0.4, 0.5) is 0 Å². The Bertz CT molecular complexity index is 652. The molecule has 1 unspecified atom stereocenters. The smallest absolute Gasteiger partial charge is 0.152 e. The molecular weight excluding hydrogens is 362 g/mol. The highest BCUT2D eigenvalue weighted by atomic mass is 16.6. The molecule has 29 heavy (non-hydrogen) atoms. The molecule has 1 aliphatic heterocycles. The van der Waals surface area contributed by atoms with E-state index in [1.54, 1.807) is 14.2 Å². The van der Waals surface area contributed by atoms with Gasteiger partial charge in [0.1, 0.15) is 5.75 Å². The van der Waals surface area contributed by atoms with Crippen LogP contribution in [-0.4, -0.2) is 51.6 Å². The summed E-state index contributed by atoms with van der Waals surface area (Å²) in [5, 5.41) is 0. The van der Waals surface area contributed by atoms with Gasteiger partial charge in [0.25, 0.3) is 0 Å². The minimum absolute atomic E-state index is 0.583. The number of nitrogens with zero attached hydrogens (tertiary/aromatic N) is 2. The van der Waals surface area contributed by atoms with E-state index < -0.39 is 0 Å². The number of ether oxygens (including phenoxy) is 1. The van der Waals surface area contributed by atoms with Crippen molar-refractivity contribution in [2.45, 2.75) is 38.5 Å². The number of aliphatic imine (C=N–C) groups is 1. The lowest BCUT2D eigenvalue weighted by Gasteiger charge is -2.29. The summed E-state index contributed by atoms with van der Waals surface area (Å²) in [4.78, 5) is 12.3. The molecule has 5 heteroatoms. The highest BCUT2D eigenvalue weighted by molar-refractivity contribution is 5.98. The second-order valence-corrected chi connectivity index (χ2v) is 7.23. The number of allylic oxidation sites excluding steroid dienone is 1. The molecule has 0 amide bonds. The molecule has 0 bridgehead atoms. The number of benzene rings is 1. The summed E-state index contributed by atoms with van der Waals surface area (Å²) in [5.41, 5.74) is 3.93. The summed E-state index contributed by atoms with van der Waals surface area (Å²) in [6.45, 7) is 6.59. The van der Waals surface area contributed by atoms with Gasteiger partial charge in [-0.3, -0.25) is 9.83 Å². The summed E-state index contributed by atoms with van der Waals surface area (Å²) >= 11 is 0. The molecule has 0 spiro atoms. The Morgan fingerprint density at radius 2 is 2.28 bits per heavy atom. The zero-order valence-electron chi connectivity index (χ0n) is 18.3.